The predicted molar refractivity (Wildman–Crippen MR) is 108 cm³/mol. The van der Waals surface area contributed by atoms with E-state index in [0.717, 1.165) is 19.2 Å². The van der Waals surface area contributed by atoms with Crippen molar-refractivity contribution in [3.8, 4) is 0 Å². The molecule has 0 aliphatic rings. The summed E-state index contributed by atoms with van der Waals surface area (Å²) in [4.78, 5) is 23.6. The Balaban J connectivity index is 2.53. The molecule has 1 amide bonds. The highest BCUT2D eigenvalue weighted by Crippen LogP contribution is 2.26. The quantitative estimate of drug-likeness (QED) is 0.401. The first-order valence-corrected chi connectivity index (χ1v) is 10.3. The van der Waals surface area contributed by atoms with Crippen LogP contribution in [-0.4, -0.2) is 38.7 Å². The van der Waals surface area contributed by atoms with Crippen molar-refractivity contribution < 1.29 is 28.0 Å². The van der Waals surface area contributed by atoms with Gasteiger partial charge in [0.25, 0.3) is 0 Å². The lowest BCUT2D eigenvalue weighted by Crippen LogP contribution is -2.50. The van der Waals surface area contributed by atoms with E-state index in [9.17, 15) is 28.4 Å². The van der Waals surface area contributed by atoms with Crippen molar-refractivity contribution >= 4 is 39.2 Å². The Kier molecular flexibility index (Phi) is 7.76. The molecule has 0 fully saturated rings. The highest BCUT2D eigenvalue weighted by molar-refractivity contribution is 7.89. The zero-order chi connectivity index (χ0) is 22.5. The number of nitrogens with zero attached hydrogens (tertiary/aromatic N) is 1. The summed E-state index contributed by atoms with van der Waals surface area (Å²) in [7, 11) is -3.46. The van der Waals surface area contributed by atoms with Gasteiger partial charge in [-0.2, -0.15) is 4.72 Å². The largest absolute Gasteiger partial charge is 0.733 e. The smallest absolute Gasteiger partial charge is 0.326 e. The third-order valence-electron chi connectivity index (χ3n) is 4.02. The van der Waals surface area contributed by atoms with E-state index in [-0.39, 0.29) is 0 Å². The van der Waals surface area contributed by atoms with Gasteiger partial charge in [0.05, 0.1) is 18.8 Å². The predicted octanol–water partition coefficient (Wildman–Crippen LogP) is 1.73. The molecule has 0 radical (unpaired) electrons. The zero-order valence-electron chi connectivity index (χ0n) is 15.9. The zero-order valence-corrected chi connectivity index (χ0v) is 17.5. The molecular formula is C18H19ClN3O7S-. The van der Waals surface area contributed by atoms with E-state index < -0.39 is 49.8 Å². The van der Waals surface area contributed by atoms with Crippen LogP contribution in [0.15, 0.2) is 53.4 Å². The van der Waals surface area contributed by atoms with Gasteiger partial charge in [0.1, 0.15) is 10.9 Å². The Labute approximate surface area is 178 Å². The molecule has 0 saturated heterocycles. The number of carbonyl (C=O) groups is 2. The number of hydrogen-bond donors (Lipinski definition) is 3. The van der Waals surface area contributed by atoms with Crippen molar-refractivity contribution in [2.75, 3.05) is 12.3 Å². The molecule has 162 valence electrons. The van der Waals surface area contributed by atoms with Crippen LogP contribution in [0.4, 0.5) is 5.69 Å². The summed E-state index contributed by atoms with van der Waals surface area (Å²) in [5, 5.41) is 22.9. The van der Waals surface area contributed by atoms with Crippen LogP contribution in [0, 0.1) is 5.21 Å². The summed E-state index contributed by atoms with van der Waals surface area (Å²) >= 11 is 5.88. The first-order chi connectivity index (χ1) is 14.1. The van der Waals surface area contributed by atoms with Gasteiger partial charge in [0.2, 0.25) is 15.9 Å². The maximum Gasteiger partial charge on any atom is 0.326 e. The highest BCUT2D eigenvalue weighted by Gasteiger charge is 2.36. The number of hydrogen-bond acceptors (Lipinski definition) is 8. The molecule has 2 atom stereocenters. The van der Waals surface area contributed by atoms with Gasteiger partial charge in [-0.1, -0.05) is 35.9 Å². The molecule has 10 nitrogen and oxygen atoms in total. The normalized spacial score (nSPS) is 13.2. The first-order valence-electron chi connectivity index (χ1n) is 8.44. The summed E-state index contributed by atoms with van der Waals surface area (Å²) in [5.74, 6) is -1.53. The van der Waals surface area contributed by atoms with Crippen LogP contribution < -0.4 is 15.3 Å². The monoisotopic (exact) mass is 456 g/mol. The molecule has 30 heavy (non-hydrogen) atoms. The maximum atomic E-state index is 12.9. The van der Waals surface area contributed by atoms with Gasteiger partial charge in [-0.3, -0.25) is 14.8 Å². The van der Waals surface area contributed by atoms with Gasteiger partial charge >= 0.3 is 5.97 Å². The molecule has 0 bridgehead atoms. The summed E-state index contributed by atoms with van der Waals surface area (Å²) in [5.41, 5.74) is -0.190. The van der Waals surface area contributed by atoms with Gasteiger partial charge < -0.3 is 20.5 Å². The summed E-state index contributed by atoms with van der Waals surface area (Å²) in [6.07, 6.45) is 0. The van der Waals surface area contributed by atoms with E-state index >= 15 is 0 Å². The van der Waals surface area contributed by atoms with Crippen LogP contribution in [0.3, 0.4) is 0 Å². The van der Waals surface area contributed by atoms with Gasteiger partial charge in [0.15, 0.2) is 0 Å². The van der Waals surface area contributed by atoms with Crippen molar-refractivity contribution in [2.24, 2.45) is 0 Å². The second-order valence-electron chi connectivity index (χ2n) is 6.09. The van der Waals surface area contributed by atoms with Crippen molar-refractivity contribution in [3.63, 3.8) is 0 Å². The Morgan fingerprint density at radius 3 is 2.30 bits per heavy atom. The number of para-hydroxylation sites is 1. The number of halogens is 1. The van der Waals surface area contributed by atoms with Crippen LogP contribution in [0.2, 0.25) is 5.02 Å². The van der Waals surface area contributed by atoms with E-state index in [1.807, 2.05) is 0 Å². The number of benzene rings is 2. The molecule has 0 saturated carbocycles. The fraction of sp³-hybridized carbons (Fsp3) is 0.222. The van der Waals surface area contributed by atoms with Gasteiger partial charge in [-0.25, -0.2) is 8.42 Å². The van der Waals surface area contributed by atoms with Crippen molar-refractivity contribution in [3.05, 3.63) is 64.3 Å². The number of sulfonamides is 1. The second kappa shape index (κ2) is 9.87. The number of carbonyl (C=O) groups excluding carboxylic acids is 2. The molecule has 0 unspecified atom stereocenters. The lowest BCUT2D eigenvalue weighted by molar-refractivity contribution is -0.143. The minimum absolute atomic E-state index is 0.369. The lowest BCUT2D eigenvalue weighted by atomic mass is 10.00. The number of nitrogens with one attached hydrogen (secondary N) is 2. The van der Waals surface area contributed by atoms with E-state index in [1.165, 1.54) is 43.3 Å². The first kappa shape index (κ1) is 23.6. The summed E-state index contributed by atoms with van der Waals surface area (Å²) in [6.45, 7) is 1.20. The molecule has 0 aliphatic carbocycles. The minimum Gasteiger partial charge on any atom is -0.733 e. The Morgan fingerprint density at radius 2 is 1.77 bits per heavy atom. The average Bonchev–Trinajstić information content (AvgIpc) is 2.70. The standard InChI is InChI=1S/C18H19ClN3O7S/c1-11(23)20-16(12-7-9-13(19)10-8-12)17(18(24)29-2)21-30(27,28)15-6-4-3-5-14(15)22(25)26/h3-10,16-17,21,25H,1-2H3,(H,20,23)/q-1/t16-,17+/m0/s1. The van der Waals surface area contributed by atoms with E-state index in [2.05, 4.69) is 10.0 Å². The molecule has 0 spiro atoms. The molecule has 2 aromatic rings. The number of anilines is 1. The minimum atomic E-state index is -4.52. The molecule has 0 aromatic heterocycles. The van der Waals surface area contributed by atoms with Crippen LogP contribution in [0.25, 0.3) is 0 Å². The van der Waals surface area contributed by atoms with Crippen molar-refractivity contribution in [2.45, 2.75) is 23.9 Å². The summed E-state index contributed by atoms with van der Waals surface area (Å²) in [6, 6.07) is 8.10. The van der Waals surface area contributed by atoms with E-state index in [1.54, 1.807) is 0 Å². The molecule has 12 heteroatoms. The van der Waals surface area contributed by atoms with E-state index in [0.29, 0.717) is 10.6 Å². The van der Waals surface area contributed by atoms with Crippen LogP contribution in [-0.2, 0) is 24.3 Å². The topological polar surface area (TPSA) is 148 Å². The number of ether oxygens (including phenoxy) is 1. The molecule has 0 aliphatic heterocycles. The highest BCUT2D eigenvalue weighted by atomic mass is 35.5. The molecule has 0 heterocycles. The van der Waals surface area contributed by atoms with E-state index in [4.69, 9.17) is 16.3 Å². The Morgan fingerprint density at radius 1 is 1.17 bits per heavy atom. The molecule has 2 rings (SSSR count). The average molecular weight is 457 g/mol. The number of methoxy groups -OCH3 is 1. The molecular weight excluding hydrogens is 438 g/mol. The maximum absolute atomic E-state index is 12.9. The van der Waals surface area contributed by atoms with Crippen molar-refractivity contribution in [1.82, 2.24) is 10.0 Å². The Bertz CT molecular complexity index is 1010. The Hall–Kier alpha value is -2.70. The fourth-order valence-corrected chi connectivity index (χ4v) is 4.20. The SMILES string of the molecule is COC(=O)[C@H](NS(=O)(=O)c1ccccc1N([O-])O)[C@@H](NC(C)=O)c1ccc(Cl)cc1. The number of esters is 1. The van der Waals surface area contributed by atoms with Crippen LogP contribution in [0.5, 0.6) is 0 Å². The van der Waals surface area contributed by atoms with Crippen molar-refractivity contribution in [1.29, 1.82) is 0 Å². The van der Waals surface area contributed by atoms with Crippen LogP contribution >= 0.6 is 11.6 Å². The number of amides is 1. The lowest BCUT2D eigenvalue weighted by Gasteiger charge is -2.28. The third kappa shape index (κ3) is 5.68. The van der Waals surface area contributed by atoms with Gasteiger partial charge in [-0.05, 0) is 29.8 Å². The van der Waals surface area contributed by atoms with Crippen LogP contribution in [0.1, 0.15) is 18.5 Å². The fourth-order valence-electron chi connectivity index (χ4n) is 2.70. The summed E-state index contributed by atoms with van der Waals surface area (Å²) < 4.78 is 32.7. The van der Waals surface area contributed by atoms with Gasteiger partial charge in [-0.15, -0.1) is 0 Å². The second-order valence-corrected chi connectivity index (χ2v) is 8.21. The molecule has 3 N–H and O–H groups in total. The van der Waals surface area contributed by atoms with Gasteiger partial charge in [0, 0.05) is 11.9 Å². The third-order valence-corrected chi connectivity index (χ3v) is 5.76. The molecule has 2 aromatic carbocycles. The number of rotatable bonds is 8.